The molecule has 0 aliphatic carbocycles. The summed E-state index contributed by atoms with van der Waals surface area (Å²) in [6, 6.07) is 5.84. The summed E-state index contributed by atoms with van der Waals surface area (Å²) in [6.45, 7) is 1.61. The molecule has 0 spiro atoms. The van der Waals surface area contributed by atoms with E-state index in [1.807, 2.05) is 25.1 Å². The Bertz CT molecular complexity index is 506. The Labute approximate surface area is 90.1 Å². The van der Waals surface area contributed by atoms with Crippen molar-refractivity contribution < 1.29 is 14.6 Å². The van der Waals surface area contributed by atoms with E-state index < -0.39 is 5.97 Å². The third-order valence-corrected chi connectivity index (χ3v) is 2.85. The van der Waals surface area contributed by atoms with Crippen LogP contribution in [0.1, 0.15) is 5.56 Å². The van der Waals surface area contributed by atoms with Gasteiger partial charge in [0, 0.05) is 0 Å². The van der Waals surface area contributed by atoms with E-state index in [2.05, 4.69) is 4.98 Å². The molecule has 0 bridgehead atoms. The number of carbonyl (C=O) groups is 1. The van der Waals surface area contributed by atoms with Crippen LogP contribution in [0.4, 0.5) is 0 Å². The van der Waals surface area contributed by atoms with E-state index in [9.17, 15) is 4.79 Å². The molecule has 2 aromatic rings. The van der Waals surface area contributed by atoms with Gasteiger partial charge in [-0.1, -0.05) is 23.5 Å². The first-order valence-electron chi connectivity index (χ1n) is 4.37. The highest BCUT2D eigenvalue weighted by Crippen LogP contribution is 2.29. The minimum absolute atomic E-state index is 0.348. The third-order valence-electron chi connectivity index (χ3n) is 1.92. The third kappa shape index (κ3) is 2.07. The molecule has 0 aliphatic rings. The van der Waals surface area contributed by atoms with Gasteiger partial charge in [0.25, 0.3) is 5.19 Å². The molecule has 5 heteroatoms. The monoisotopic (exact) mass is 223 g/mol. The smallest absolute Gasteiger partial charge is 0.341 e. The Morgan fingerprint density at radius 3 is 3.07 bits per heavy atom. The molecule has 0 saturated carbocycles. The molecule has 0 unspecified atom stereocenters. The van der Waals surface area contributed by atoms with Crippen molar-refractivity contribution in [2.24, 2.45) is 0 Å². The number of para-hydroxylation sites is 1. The van der Waals surface area contributed by atoms with Gasteiger partial charge in [-0.05, 0) is 18.6 Å². The Balaban J connectivity index is 2.31. The minimum atomic E-state index is -0.994. The van der Waals surface area contributed by atoms with E-state index in [0.29, 0.717) is 5.19 Å². The van der Waals surface area contributed by atoms with Gasteiger partial charge in [0.1, 0.15) is 0 Å². The zero-order valence-corrected chi connectivity index (χ0v) is 8.87. The first-order chi connectivity index (χ1) is 7.16. The largest absolute Gasteiger partial charge is 0.479 e. The highest BCUT2D eigenvalue weighted by molar-refractivity contribution is 7.20. The van der Waals surface area contributed by atoms with Crippen molar-refractivity contribution in [3.8, 4) is 5.19 Å². The highest BCUT2D eigenvalue weighted by Gasteiger charge is 2.07. The van der Waals surface area contributed by atoms with Gasteiger partial charge in [-0.15, -0.1) is 0 Å². The number of aromatic nitrogens is 1. The summed E-state index contributed by atoms with van der Waals surface area (Å²) >= 11 is 1.36. The molecule has 15 heavy (non-hydrogen) atoms. The Morgan fingerprint density at radius 1 is 1.60 bits per heavy atom. The van der Waals surface area contributed by atoms with Crippen LogP contribution in [0.5, 0.6) is 5.19 Å². The number of fused-ring (bicyclic) bond motifs is 1. The van der Waals surface area contributed by atoms with Crippen LogP contribution in [0.2, 0.25) is 0 Å². The summed E-state index contributed by atoms with van der Waals surface area (Å²) in [6.07, 6.45) is 0. The van der Waals surface area contributed by atoms with E-state index in [0.717, 1.165) is 15.8 Å². The van der Waals surface area contributed by atoms with Crippen LogP contribution in [0.3, 0.4) is 0 Å². The normalized spacial score (nSPS) is 10.5. The Hall–Kier alpha value is -1.62. The molecule has 2 rings (SSSR count). The number of thiazole rings is 1. The average molecular weight is 223 g/mol. The molecule has 0 radical (unpaired) electrons. The predicted octanol–water partition coefficient (Wildman–Crippen LogP) is 2.07. The van der Waals surface area contributed by atoms with Crippen molar-refractivity contribution in [2.45, 2.75) is 6.92 Å². The Kier molecular flexibility index (Phi) is 2.55. The predicted molar refractivity (Wildman–Crippen MR) is 57.5 cm³/mol. The van der Waals surface area contributed by atoms with Crippen LogP contribution in [-0.2, 0) is 4.79 Å². The number of hydrogen-bond acceptors (Lipinski definition) is 4. The number of benzene rings is 1. The lowest BCUT2D eigenvalue weighted by atomic mass is 10.2. The fraction of sp³-hybridized carbons (Fsp3) is 0.200. The zero-order valence-electron chi connectivity index (χ0n) is 8.06. The average Bonchev–Trinajstić information content (AvgIpc) is 2.59. The molecule has 78 valence electrons. The van der Waals surface area contributed by atoms with Gasteiger partial charge in [-0.25, -0.2) is 9.78 Å². The molecule has 1 aromatic heterocycles. The topological polar surface area (TPSA) is 59.4 Å². The lowest BCUT2D eigenvalue weighted by Crippen LogP contribution is -2.08. The van der Waals surface area contributed by atoms with E-state index in [-0.39, 0.29) is 6.61 Å². The number of aryl methyl sites for hydroxylation is 1. The van der Waals surface area contributed by atoms with E-state index in [1.165, 1.54) is 11.3 Å². The van der Waals surface area contributed by atoms with Gasteiger partial charge in [0.05, 0.1) is 10.2 Å². The number of carboxylic acid groups (broad SMARTS) is 1. The minimum Gasteiger partial charge on any atom is -0.479 e. The first kappa shape index (κ1) is 9.92. The maximum atomic E-state index is 10.3. The van der Waals surface area contributed by atoms with Crippen LogP contribution >= 0.6 is 11.3 Å². The zero-order chi connectivity index (χ0) is 10.8. The van der Waals surface area contributed by atoms with Crippen LogP contribution < -0.4 is 4.74 Å². The van der Waals surface area contributed by atoms with E-state index in [4.69, 9.17) is 9.84 Å². The molecule has 0 fully saturated rings. The first-order valence-corrected chi connectivity index (χ1v) is 5.19. The van der Waals surface area contributed by atoms with Crippen LogP contribution in [-0.4, -0.2) is 22.7 Å². The summed E-state index contributed by atoms with van der Waals surface area (Å²) in [5, 5.41) is 8.86. The number of ether oxygens (including phenoxy) is 1. The van der Waals surface area contributed by atoms with Gasteiger partial charge in [0.2, 0.25) is 0 Å². The molecule has 1 aromatic carbocycles. The number of rotatable bonds is 3. The molecule has 0 aliphatic heterocycles. The van der Waals surface area contributed by atoms with Crippen LogP contribution in [0, 0.1) is 6.92 Å². The molecular weight excluding hydrogens is 214 g/mol. The lowest BCUT2D eigenvalue weighted by Gasteiger charge is -1.94. The number of aliphatic carboxylic acids is 1. The molecule has 1 N–H and O–H groups in total. The van der Waals surface area contributed by atoms with Crippen molar-refractivity contribution in [1.82, 2.24) is 4.98 Å². The second kappa shape index (κ2) is 3.86. The molecule has 0 atom stereocenters. The lowest BCUT2D eigenvalue weighted by molar-refractivity contribution is -0.139. The summed E-state index contributed by atoms with van der Waals surface area (Å²) in [5.74, 6) is -0.994. The van der Waals surface area contributed by atoms with Gasteiger partial charge < -0.3 is 9.84 Å². The fourth-order valence-electron chi connectivity index (χ4n) is 1.25. The van der Waals surface area contributed by atoms with Crippen LogP contribution in [0.25, 0.3) is 10.2 Å². The van der Waals surface area contributed by atoms with Crippen molar-refractivity contribution >= 4 is 27.5 Å². The molecule has 4 nitrogen and oxygen atoms in total. The van der Waals surface area contributed by atoms with Crippen molar-refractivity contribution in [1.29, 1.82) is 0 Å². The van der Waals surface area contributed by atoms with E-state index in [1.54, 1.807) is 0 Å². The molecule has 0 saturated heterocycles. The van der Waals surface area contributed by atoms with Crippen molar-refractivity contribution in [3.05, 3.63) is 23.8 Å². The molecule has 1 heterocycles. The highest BCUT2D eigenvalue weighted by atomic mass is 32.1. The fourth-order valence-corrected chi connectivity index (χ4v) is 2.14. The maximum Gasteiger partial charge on any atom is 0.341 e. The van der Waals surface area contributed by atoms with Gasteiger partial charge in [-0.3, -0.25) is 0 Å². The van der Waals surface area contributed by atoms with Crippen LogP contribution in [0.15, 0.2) is 18.2 Å². The maximum absolute atomic E-state index is 10.3. The van der Waals surface area contributed by atoms with Crippen molar-refractivity contribution in [2.75, 3.05) is 6.61 Å². The summed E-state index contributed by atoms with van der Waals surface area (Å²) < 4.78 is 6.02. The number of hydrogen-bond donors (Lipinski definition) is 1. The summed E-state index contributed by atoms with van der Waals surface area (Å²) in [5.41, 5.74) is 1.94. The number of carboxylic acids is 1. The van der Waals surface area contributed by atoms with Gasteiger partial charge in [-0.2, -0.15) is 0 Å². The summed E-state index contributed by atoms with van der Waals surface area (Å²) in [4.78, 5) is 14.5. The van der Waals surface area contributed by atoms with Gasteiger partial charge >= 0.3 is 5.97 Å². The number of nitrogens with zero attached hydrogens (tertiary/aromatic N) is 1. The second-order valence-corrected chi connectivity index (χ2v) is 4.08. The van der Waals surface area contributed by atoms with Gasteiger partial charge in [0.15, 0.2) is 6.61 Å². The molecule has 0 amide bonds. The quantitative estimate of drug-likeness (QED) is 0.865. The SMILES string of the molecule is Cc1cccc2sc(OCC(=O)O)nc12. The van der Waals surface area contributed by atoms with Crippen molar-refractivity contribution in [3.63, 3.8) is 0 Å². The van der Waals surface area contributed by atoms with E-state index >= 15 is 0 Å². The second-order valence-electron chi connectivity index (χ2n) is 3.08. The standard InChI is InChI=1S/C10H9NO3S/c1-6-3-2-4-7-9(6)11-10(15-7)14-5-8(12)13/h2-4H,5H2,1H3,(H,12,13). The summed E-state index contributed by atoms with van der Waals surface area (Å²) in [7, 11) is 0. The molecular formula is C10H9NO3S. The Morgan fingerprint density at radius 2 is 2.40 bits per heavy atom.